The fraction of sp³-hybridized carbons (Fsp3) is 0.455. The molecule has 1 aliphatic rings. The molecule has 0 amide bonds. The van der Waals surface area contributed by atoms with Gasteiger partial charge in [0.05, 0.1) is 13.7 Å². The molecule has 0 spiro atoms. The minimum Gasteiger partial charge on any atom is -0.497 e. The first-order chi connectivity index (χ1) is 6.85. The first-order valence-electron chi connectivity index (χ1n) is 4.76. The number of ether oxygens (including phenoxy) is 2. The van der Waals surface area contributed by atoms with Crippen LogP contribution in [0, 0.1) is 0 Å². The maximum atomic E-state index is 8.89. The summed E-state index contributed by atoms with van der Waals surface area (Å²) in [6.45, 7) is 0.869. The van der Waals surface area contributed by atoms with Gasteiger partial charge in [0.1, 0.15) is 11.5 Å². The summed E-state index contributed by atoms with van der Waals surface area (Å²) in [6.07, 6.45) is 0.750. The SMILES string of the molecule is COc1ccc2c(c1)C(CCO)CO2. The molecule has 1 atom stereocenters. The predicted octanol–water partition coefficient (Wildman–Crippen LogP) is 1.55. The summed E-state index contributed by atoms with van der Waals surface area (Å²) in [5.74, 6) is 2.08. The van der Waals surface area contributed by atoms with Gasteiger partial charge in [-0.05, 0) is 24.6 Å². The molecule has 1 aromatic rings. The average Bonchev–Trinajstić information content (AvgIpc) is 2.61. The normalized spacial score (nSPS) is 18.9. The number of hydrogen-bond donors (Lipinski definition) is 1. The van der Waals surface area contributed by atoms with E-state index < -0.39 is 0 Å². The smallest absolute Gasteiger partial charge is 0.123 e. The number of fused-ring (bicyclic) bond motifs is 1. The highest BCUT2D eigenvalue weighted by Gasteiger charge is 2.23. The van der Waals surface area contributed by atoms with E-state index in [1.807, 2.05) is 18.2 Å². The Morgan fingerprint density at radius 2 is 2.43 bits per heavy atom. The van der Waals surface area contributed by atoms with E-state index in [1.165, 1.54) is 0 Å². The average molecular weight is 194 g/mol. The summed E-state index contributed by atoms with van der Waals surface area (Å²) in [6, 6.07) is 5.80. The molecular formula is C11H14O3. The van der Waals surface area contributed by atoms with Crippen LogP contribution in [-0.2, 0) is 0 Å². The Morgan fingerprint density at radius 1 is 1.57 bits per heavy atom. The topological polar surface area (TPSA) is 38.7 Å². The summed E-state index contributed by atoms with van der Waals surface area (Å²) in [7, 11) is 1.65. The molecule has 0 saturated carbocycles. The standard InChI is InChI=1S/C11H14O3/c1-13-9-2-3-11-10(6-9)8(4-5-12)7-14-11/h2-3,6,8,12H,4-5,7H2,1H3. The van der Waals surface area contributed by atoms with Gasteiger partial charge in [0.25, 0.3) is 0 Å². The van der Waals surface area contributed by atoms with Gasteiger partial charge in [0.15, 0.2) is 0 Å². The van der Waals surface area contributed by atoms with Gasteiger partial charge < -0.3 is 14.6 Å². The molecular weight excluding hydrogens is 180 g/mol. The van der Waals surface area contributed by atoms with Gasteiger partial charge in [0, 0.05) is 18.1 Å². The van der Waals surface area contributed by atoms with Gasteiger partial charge in [0.2, 0.25) is 0 Å². The van der Waals surface area contributed by atoms with Crippen molar-refractivity contribution in [3.8, 4) is 11.5 Å². The minimum atomic E-state index is 0.199. The Hall–Kier alpha value is -1.22. The third-order valence-electron chi connectivity index (χ3n) is 2.57. The van der Waals surface area contributed by atoms with E-state index in [2.05, 4.69) is 0 Å². The minimum absolute atomic E-state index is 0.199. The third-order valence-corrected chi connectivity index (χ3v) is 2.57. The number of aliphatic hydroxyl groups is 1. The Balaban J connectivity index is 2.27. The lowest BCUT2D eigenvalue weighted by molar-refractivity contribution is 0.254. The molecule has 3 nitrogen and oxygen atoms in total. The van der Waals surface area contributed by atoms with Crippen LogP contribution < -0.4 is 9.47 Å². The van der Waals surface area contributed by atoms with Gasteiger partial charge in [-0.1, -0.05) is 0 Å². The zero-order valence-corrected chi connectivity index (χ0v) is 8.19. The molecule has 0 aromatic heterocycles. The highest BCUT2D eigenvalue weighted by molar-refractivity contribution is 5.44. The summed E-state index contributed by atoms with van der Waals surface area (Å²) in [4.78, 5) is 0. The van der Waals surface area contributed by atoms with Crippen molar-refractivity contribution in [1.82, 2.24) is 0 Å². The molecule has 0 fully saturated rings. The molecule has 0 radical (unpaired) electrons. The second-order valence-electron chi connectivity index (χ2n) is 3.42. The van der Waals surface area contributed by atoms with Crippen LogP contribution in [0.5, 0.6) is 11.5 Å². The van der Waals surface area contributed by atoms with Crippen LogP contribution in [0.3, 0.4) is 0 Å². The van der Waals surface area contributed by atoms with Gasteiger partial charge in [-0.25, -0.2) is 0 Å². The first-order valence-corrected chi connectivity index (χ1v) is 4.76. The van der Waals surface area contributed by atoms with Crippen molar-refractivity contribution in [2.45, 2.75) is 12.3 Å². The monoisotopic (exact) mass is 194 g/mol. The van der Waals surface area contributed by atoms with Crippen LogP contribution in [0.25, 0.3) is 0 Å². The number of rotatable bonds is 3. The molecule has 1 aliphatic heterocycles. The second kappa shape index (κ2) is 3.88. The van der Waals surface area contributed by atoms with Crippen molar-refractivity contribution in [2.24, 2.45) is 0 Å². The Labute approximate surface area is 83.3 Å². The van der Waals surface area contributed by atoms with E-state index in [1.54, 1.807) is 7.11 Å². The van der Waals surface area contributed by atoms with E-state index in [0.29, 0.717) is 12.5 Å². The number of aliphatic hydroxyl groups excluding tert-OH is 1. The van der Waals surface area contributed by atoms with Crippen molar-refractivity contribution in [3.05, 3.63) is 23.8 Å². The Morgan fingerprint density at radius 3 is 3.14 bits per heavy atom. The lowest BCUT2D eigenvalue weighted by Crippen LogP contribution is -2.02. The summed E-state index contributed by atoms with van der Waals surface area (Å²) >= 11 is 0. The highest BCUT2D eigenvalue weighted by atomic mass is 16.5. The number of methoxy groups -OCH3 is 1. The molecule has 1 N–H and O–H groups in total. The van der Waals surface area contributed by atoms with Crippen LogP contribution in [0.2, 0.25) is 0 Å². The quantitative estimate of drug-likeness (QED) is 0.793. The van der Waals surface area contributed by atoms with Crippen LogP contribution >= 0.6 is 0 Å². The molecule has 0 bridgehead atoms. The van der Waals surface area contributed by atoms with Crippen molar-refractivity contribution < 1.29 is 14.6 Å². The van der Waals surface area contributed by atoms with Crippen molar-refractivity contribution in [1.29, 1.82) is 0 Å². The van der Waals surface area contributed by atoms with Crippen molar-refractivity contribution >= 4 is 0 Å². The molecule has 0 saturated heterocycles. The first kappa shape index (κ1) is 9.34. The molecule has 2 rings (SSSR count). The summed E-state index contributed by atoms with van der Waals surface area (Å²) in [5.41, 5.74) is 1.15. The largest absolute Gasteiger partial charge is 0.497 e. The van der Waals surface area contributed by atoms with Crippen LogP contribution in [-0.4, -0.2) is 25.4 Å². The predicted molar refractivity (Wildman–Crippen MR) is 52.9 cm³/mol. The summed E-state index contributed by atoms with van der Waals surface area (Å²) < 4.78 is 10.6. The van der Waals surface area contributed by atoms with E-state index in [4.69, 9.17) is 14.6 Å². The molecule has 1 heterocycles. The van der Waals surface area contributed by atoms with E-state index in [0.717, 1.165) is 23.5 Å². The maximum Gasteiger partial charge on any atom is 0.123 e. The fourth-order valence-corrected chi connectivity index (χ4v) is 1.78. The summed E-state index contributed by atoms with van der Waals surface area (Å²) in [5, 5.41) is 8.89. The van der Waals surface area contributed by atoms with E-state index in [-0.39, 0.29) is 6.61 Å². The van der Waals surface area contributed by atoms with Gasteiger partial charge in [-0.3, -0.25) is 0 Å². The second-order valence-corrected chi connectivity index (χ2v) is 3.42. The van der Waals surface area contributed by atoms with Crippen LogP contribution in [0.15, 0.2) is 18.2 Å². The molecule has 1 aromatic carbocycles. The third kappa shape index (κ3) is 1.55. The zero-order chi connectivity index (χ0) is 9.97. The number of hydrogen-bond acceptors (Lipinski definition) is 3. The number of benzene rings is 1. The van der Waals surface area contributed by atoms with Gasteiger partial charge in [-0.2, -0.15) is 0 Å². The molecule has 3 heteroatoms. The molecule has 1 unspecified atom stereocenters. The van der Waals surface area contributed by atoms with Gasteiger partial charge in [-0.15, -0.1) is 0 Å². The molecule has 76 valence electrons. The van der Waals surface area contributed by atoms with E-state index >= 15 is 0 Å². The van der Waals surface area contributed by atoms with Gasteiger partial charge >= 0.3 is 0 Å². The molecule has 0 aliphatic carbocycles. The molecule has 14 heavy (non-hydrogen) atoms. The zero-order valence-electron chi connectivity index (χ0n) is 8.19. The van der Waals surface area contributed by atoms with Crippen LogP contribution in [0.4, 0.5) is 0 Å². The Bertz CT molecular complexity index is 320. The van der Waals surface area contributed by atoms with Crippen LogP contribution in [0.1, 0.15) is 17.9 Å². The lowest BCUT2D eigenvalue weighted by Gasteiger charge is -2.07. The fourth-order valence-electron chi connectivity index (χ4n) is 1.78. The van der Waals surface area contributed by atoms with Crippen molar-refractivity contribution in [3.63, 3.8) is 0 Å². The lowest BCUT2D eigenvalue weighted by atomic mass is 9.98. The maximum absolute atomic E-state index is 8.89. The van der Waals surface area contributed by atoms with E-state index in [9.17, 15) is 0 Å². The van der Waals surface area contributed by atoms with Crippen molar-refractivity contribution in [2.75, 3.05) is 20.3 Å². The highest BCUT2D eigenvalue weighted by Crippen LogP contribution is 2.37. The Kier molecular flexibility index (Phi) is 2.59.